The highest BCUT2D eigenvalue weighted by atomic mass is 32.1. The van der Waals surface area contributed by atoms with Crippen molar-refractivity contribution in [3.8, 4) is 0 Å². The number of aliphatic imine (C=N–C) groups is 1. The maximum Gasteiger partial charge on any atom is 0.408 e. The Bertz CT molecular complexity index is 1210. The lowest BCUT2D eigenvalue weighted by atomic mass is 10.0. The van der Waals surface area contributed by atoms with Crippen molar-refractivity contribution < 1.29 is 23.9 Å². The van der Waals surface area contributed by atoms with Gasteiger partial charge in [0.25, 0.3) is 0 Å². The fourth-order valence-corrected chi connectivity index (χ4v) is 5.17. The number of benzene rings is 1. The maximum atomic E-state index is 13.8. The SMILES string of the molecule is CC(C)(C)OC(=O)N[C@H](Cc1ccccc1)C(=O)N1CCC[C@H]1C(=O)N[C@@H](CCCN=C(N)N)C(=O)c1nccs1. The number of hydrogen-bond acceptors (Lipinski definition) is 8. The molecule has 12 nitrogen and oxygen atoms in total. The van der Waals surface area contributed by atoms with Gasteiger partial charge >= 0.3 is 6.09 Å². The van der Waals surface area contributed by atoms with Gasteiger partial charge in [-0.25, -0.2) is 9.78 Å². The Morgan fingerprint density at radius 2 is 1.88 bits per heavy atom. The molecule has 41 heavy (non-hydrogen) atoms. The van der Waals surface area contributed by atoms with E-state index >= 15 is 0 Å². The van der Waals surface area contributed by atoms with Gasteiger partial charge in [0.2, 0.25) is 17.6 Å². The van der Waals surface area contributed by atoms with Crippen molar-refractivity contribution in [1.82, 2.24) is 20.5 Å². The Morgan fingerprint density at radius 3 is 2.51 bits per heavy atom. The molecule has 0 bridgehead atoms. The van der Waals surface area contributed by atoms with Crippen molar-refractivity contribution in [2.75, 3.05) is 13.1 Å². The molecule has 6 N–H and O–H groups in total. The van der Waals surface area contributed by atoms with Gasteiger partial charge in [0.1, 0.15) is 17.7 Å². The highest BCUT2D eigenvalue weighted by Crippen LogP contribution is 2.21. The van der Waals surface area contributed by atoms with Gasteiger partial charge in [0.15, 0.2) is 11.0 Å². The van der Waals surface area contributed by atoms with E-state index in [9.17, 15) is 19.2 Å². The summed E-state index contributed by atoms with van der Waals surface area (Å²) in [7, 11) is 0. The number of ketones is 1. The third kappa shape index (κ3) is 9.85. The molecular formula is C28H39N7O5S. The zero-order valence-corrected chi connectivity index (χ0v) is 24.5. The van der Waals surface area contributed by atoms with Crippen LogP contribution >= 0.6 is 11.3 Å². The highest BCUT2D eigenvalue weighted by molar-refractivity contribution is 7.11. The number of alkyl carbamates (subject to hydrolysis) is 1. The number of carbonyl (C=O) groups excluding carboxylic acids is 4. The molecule has 3 rings (SSSR count). The fraction of sp³-hybridized carbons (Fsp3) is 0.500. The van der Waals surface area contributed by atoms with Gasteiger partial charge in [-0.15, -0.1) is 11.3 Å². The molecule has 0 spiro atoms. The molecule has 2 aromatic rings. The van der Waals surface area contributed by atoms with Crippen LogP contribution in [0.15, 0.2) is 46.9 Å². The Morgan fingerprint density at radius 1 is 1.15 bits per heavy atom. The minimum Gasteiger partial charge on any atom is -0.444 e. The molecule has 1 saturated heterocycles. The molecule has 0 saturated carbocycles. The van der Waals surface area contributed by atoms with Crippen LogP contribution in [0, 0.1) is 0 Å². The first-order chi connectivity index (χ1) is 19.4. The number of nitrogens with zero attached hydrogens (tertiary/aromatic N) is 3. The number of rotatable bonds is 12. The molecule has 0 aliphatic carbocycles. The number of aromatic nitrogens is 1. The zero-order chi connectivity index (χ0) is 30.0. The number of likely N-dealkylation sites (tertiary alicyclic amines) is 1. The molecule has 2 heterocycles. The molecule has 1 aliphatic rings. The van der Waals surface area contributed by atoms with Crippen molar-refractivity contribution in [1.29, 1.82) is 0 Å². The zero-order valence-electron chi connectivity index (χ0n) is 23.7. The van der Waals surface area contributed by atoms with Crippen LogP contribution in [0.2, 0.25) is 0 Å². The van der Waals surface area contributed by atoms with Crippen LogP contribution in [-0.4, -0.2) is 76.4 Å². The van der Waals surface area contributed by atoms with Gasteiger partial charge in [-0.2, -0.15) is 0 Å². The van der Waals surface area contributed by atoms with Crippen molar-refractivity contribution in [2.45, 2.75) is 76.6 Å². The van der Waals surface area contributed by atoms with Gasteiger partial charge in [0, 0.05) is 31.1 Å². The van der Waals surface area contributed by atoms with Gasteiger partial charge in [-0.3, -0.25) is 19.4 Å². The minimum absolute atomic E-state index is 0.0537. The summed E-state index contributed by atoms with van der Waals surface area (Å²) in [5.41, 5.74) is 10.9. The van der Waals surface area contributed by atoms with E-state index in [1.165, 1.54) is 22.4 Å². The normalized spacial score (nSPS) is 16.4. The van der Waals surface area contributed by atoms with Crippen LogP contribution in [0.25, 0.3) is 0 Å². The molecule has 0 radical (unpaired) electrons. The average Bonchev–Trinajstić information content (AvgIpc) is 3.61. The molecule has 1 aromatic carbocycles. The standard InChI is InChI=1S/C28H39N7O5S/c1-28(2,3)40-27(39)34-20(17-18-9-5-4-6-10-18)25(38)35-15-8-12-21(35)23(37)33-19(11-7-13-32-26(29)30)22(36)24-31-14-16-41-24/h4-6,9-10,14,16,19-21H,7-8,11-13,15,17H2,1-3H3,(H,33,37)(H,34,39)(H4,29,30,32)/t19-,20+,21-/m0/s1. The predicted molar refractivity (Wildman–Crippen MR) is 156 cm³/mol. The number of Topliss-reactive ketones (excluding diaryl/α,β-unsaturated/α-hetero) is 1. The number of ether oxygens (including phenoxy) is 1. The van der Waals surface area contributed by atoms with Gasteiger partial charge in [0.05, 0.1) is 6.04 Å². The number of amides is 3. The van der Waals surface area contributed by atoms with Crippen molar-refractivity contribution in [2.24, 2.45) is 16.5 Å². The summed E-state index contributed by atoms with van der Waals surface area (Å²) < 4.78 is 5.40. The first kappa shape index (κ1) is 31.5. The Hall–Kier alpha value is -4.00. The topological polar surface area (TPSA) is 182 Å². The minimum atomic E-state index is -0.951. The average molecular weight is 586 g/mol. The number of carbonyl (C=O) groups is 4. The first-order valence-electron chi connectivity index (χ1n) is 13.6. The van der Waals surface area contributed by atoms with Gasteiger partial charge in [-0.1, -0.05) is 30.3 Å². The smallest absolute Gasteiger partial charge is 0.408 e. The van der Waals surface area contributed by atoms with Crippen LogP contribution in [0.4, 0.5) is 4.79 Å². The second-order valence-corrected chi connectivity index (χ2v) is 11.7. The number of nitrogens with two attached hydrogens (primary N) is 2. The lowest BCUT2D eigenvalue weighted by molar-refractivity contribution is -0.140. The molecule has 1 aromatic heterocycles. The second-order valence-electron chi connectivity index (χ2n) is 10.8. The molecule has 1 aliphatic heterocycles. The third-order valence-corrected chi connectivity index (χ3v) is 7.12. The summed E-state index contributed by atoms with van der Waals surface area (Å²) in [5, 5.41) is 7.51. The third-order valence-electron chi connectivity index (χ3n) is 6.33. The monoisotopic (exact) mass is 585 g/mol. The summed E-state index contributed by atoms with van der Waals surface area (Å²) in [6.07, 6.45) is 2.79. The van der Waals surface area contributed by atoms with Crippen molar-refractivity contribution >= 4 is 41.0 Å². The molecular weight excluding hydrogens is 546 g/mol. The quantitative estimate of drug-likeness (QED) is 0.126. The van der Waals surface area contributed by atoms with Crippen LogP contribution < -0.4 is 22.1 Å². The van der Waals surface area contributed by atoms with E-state index in [4.69, 9.17) is 16.2 Å². The Balaban J connectivity index is 1.76. The van der Waals surface area contributed by atoms with E-state index in [-0.39, 0.29) is 23.2 Å². The lowest BCUT2D eigenvalue weighted by Crippen LogP contribution is -2.56. The van der Waals surface area contributed by atoms with Crippen LogP contribution in [-0.2, 0) is 20.7 Å². The number of hydrogen-bond donors (Lipinski definition) is 4. The van der Waals surface area contributed by atoms with Crippen LogP contribution in [0.1, 0.15) is 61.8 Å². The first-order valence-corrected chi connectivity index (χ1v) is 14.5. The van der Waals surface area contributed by atoms with E-state index in [0.717, 1.165) is 5.56 Å². The summed E-state index contributed by atoms with van der Waals surface area (Å²) >= 11 is 1.19. The number of thiazole rings is 1. The van der Waals surface area contributed by atoms with E-state index < -0.39 is 41.6 Å². The largest absolute Gasteiger partial charge is 0.444 e. The predicted octanol–water partition coefficient (Wildman–Crippen LogP) is 1.99. The molecule has 1 fully saturated rings. The highest BCUT2D eigenvalue weighted by Gasteiger charge is 2.39. The van der Waals surface area contributed by atoms with Crippen molar-refractivity contribution in [3.05, 3.63) is 52.5 Å². The maximum absolute atomic E-state index is 13.8. The molecule has 3 amide bonds. The van der Waals surface area contributed by atoms with E-state index in [2.05, 4.69) is 20.6 Å². The summed E-state index contributed by atoms with van der Waals surface area (Å²) in [5.74, 6) is -1.21. The van der Waals surface area contributed by atoms with Crippen LogP contribution in [0.3, 0.4) is 0 Å². The van der Waals surface area contributed by atoms with E-state index in [1.807, 2.05) is 30.3 Å². The Labute approximate surface area is 243 Å². The fourth-order valence-electron chi connectivity index (χ4n) is 4.54. The van der Waals surface area contributed by atoms with Gasteiger partial charge in [-0.05, 0) is 52.0 Å². The summed E-state index contributed by atoms with van der Waals surface area (Å²) in [4.78, 5) is 62.6. The number of nitrogens with one attached hydrogen (secondary N) is 2. The van der Waals surface area contributed by atoms with Crippen molar-refractivity contribution in [3.63, 3.8) is 0 Å². The van der Waals surface area contributed by atoms with Gasteiger partial charge < -0.3 is 31.7 Å². The summed E-state index contributed by atoms with van der Waals surface area (Å²) in [6.45, 7) is 5.85. The Kier molecular flexibility index (Phi) is 11.2. The second kappa shape index (κ2) is 14.6. The summed E-state index contributed by atoms with van der Waals surface area (Å²) in [6, 6.07) is 6.68. The molecule has 222 valence electrons. The molecule has 13 heteroatoms. The van der Waals surface area contributed by atoms with Crippen LogP contribution in [0.5, 0.6) is 0 Å². The molecule has 3 atom stereocenters. The lowest BCUT2D eigenvalue weighted by Gasteiger charge is -2.30. The van der Waals surface area contributed by atoms with E-state index in [0.29, 0.717) is 38.8 Å². The number of guanidine groups is 1. The molecule has 0 unspecified atom stereocenters. The van der Waals surface area contributed by atoms with E-state index in [1.54, 1.807) is 26.2 Å².